The molecule has 2 saturated heterocycles. The second-order valence-electron chi connectivity index (χ2n) is 20.4. The zero-order valence-corrected chi connectivity index (χ0v) is 46.1. The molecule has 0 aromatic carbocycles. The van der Waals surface area contributed by atoms with Gasteiger partial charge in [-0.05, 0) is 78.2 Å². The van der Waals surface area contributed by atoms with Crippen LogP contribution in [-0.4, -0.2) is 202 Å². The number of nitrogens with one attached hydrogen (secondary N) is 3. The van der Waals surface area contributed by atoms with E-state index in [4.69, 9.17) is 20.1 Å². The third kappa shape index (κ3) is 17.2. The molecular weight excluding hydrogens is 1120 g/mol. The van der Waals surface area contributed by atoms with Crippen molar-refractivity contribution in [2.45, 2.75) is 155 Å². The standard InChI is InChI=1S/C50H81FN14O8.Lu/c1-10-33-22-60(29-43(68)69)35(12-3)24-62(31-45(72)73)36(13-4)23-61(30-44(70)71)34(11-2)21-59(33)28-42(67)52-19-17-16-18-20-64-27-40(38(14-5)58-64)55-47-46-48(65(32-53-46)50(7,8)9)57-49(56-47)63-25-37(51)39(26-63)54-41(66)15-6;/h15,27,32-37,39H,6,10-14,16-26,28-31H2,1-5,7-9H3,(H,52,67)(H,54,66)(H,68,69)(H,70,71)(H,72,73)(H,55,56,57);/t33-,34-,35+,36-,37+,39+;/m0./s1. The summed E-state index contributed by atoms with van der Waals surface area (Å²) >= 11 is 0. The quantitative estimate of drug-likeness (QED) is 0.0551. The number of unbranched alkanes of at least 4 members (excludes halogenated alkanes) is 2. The van der Waals surface area contributed by atoms with Gasteiger partial charge in [0.15, 0.2) is 17.0 Å². The maximum absolute atomic E-state index is 15.2. The number of aromatic nitrogens is 6. The van der Waals surface area contributed by atoms with E-state index in [1.54, 1.807) is 11.2 Å². The fourth-order valence-corrected chi connectivity index (χ4v) is 10.0. The summed E-state index contributed by atoms with van der Waals surface area (Å²) in [7, 11) is 0. The van der Waals surface area contributed by atoms with Crippen LogP contribution in [0.3, 0.4) is 0 Å². The van der Waals surface area contributed by atoms with Crippen molar-refractivity contribution in [3.8, 4) is 0 Å². The number of fused-ring (bicyclic) bond motifs is 1. The van der Waals surface area contributed by atoms with Crippen molar-refractivity contribution < 1.29 is 80.6 Å². The first kappa shape index (κ1) is 62.0. The first-order chi connectivity index (χ1) is 34.7. The van der Waals surface area contributed by atoms with Crippen LogP contribution in [-0.2, 0) is 42.5 Å². The van der Waals surface area contributed by atoms with Crippen molar-refractivity contribution in [3.05, 3.63) is 30.9 Å². The van der Waals surface area contributed by atoms with Crippen LogP contribution in [0.25, 0.3) is 11.2 Å². The summed E-state index contributed by atoms with van der Waals surface area (Å²) in [6.07, 6.45) is 8.66. The number of carboxylic acid groups (broad SMARTS) is 3. The Morgan fingerprint density at radius 1 is 0.757 bits per heavy atom. The summed E-state index contributed by atoms with van der Waals surface area (Å²) in [5, 5.41) is 44.1. The summed E-state index contributed by atoms with van der Waals surface area (Å²) in [6, 6.07) is -1.88. The van der Waals surface area contributed by atoms with Crippen LogP contribution < -0.4 is 20.9 Å². The predicted octanol–water partition coefficient (Wildman–Crippen LogP) is 3.79. The van der Waals surface area contributed by atoms with Crippen LogP contribution in [0.4, 0.5) is 21.8 Å². The molecule has 24 heteroatoms. The van der Waals surface area contributed by atoms with Gasteiger partial charge in [-0.3, -0.25) is 48.3 Å². The van der Waals surface area contributed by atoms with Gasteiger partial charge >= 0.3 is 17.9 Å². The number of halogens is 1. The number of carbonyl (C=O) groups excluding carboxylic acids is 2. The summed E-state index contributed by atoms with van der Waals surface area (Å²) in [5.74, 6) is -2.89. The topological polar surface area (TPSA) is 260 Å². The van der Waals surface area contributed by atoms with Gasteiger partial charge in [-0.2, -0.15) is 15.1 Å². The molecule has 2 amide bonds. The Balaban J connectivity index is 0.0000119. The molecule has 0 unspecified atom stereocenters. The van der Waals surface area contributed by atoms with Gasteiger partial charge in [0.2, 0.25) is 17.8 Å². The Bertz CT molecular complexity index is 2330. The fraction of sp³-hybridized carbons (Fsp3) is 0.700. The summed E-state index contributed by atoms with van der Waals surface area (Å²) in [6.45, 7) is 21.3. The van der Waals surface area contributed by atoms with Crippen LogP contribution in [0.1, 0.15) is 106 Å². The number of nitrogens with zero attached hydrogens (tertiary/aromatic N) is 11. The molecule has 22 nitrogen and oxygen atoms in total. The molecule has 2 aliphatic heterocycles. The predicted molar refractivity (Wildman–Crippen MR) is 277 cm³/mol. The van der Waals surface area contributed by atoms with Crippen molar-refractivity contribution in [1.82, 2.24) is 59.5 Å². The molecule has 0 aliphatic carbocycles. The van der Waals surface area contributed by atoms with Gasteiger partial charge in [0.05, 0.1) is 56.5 Å². The first-order valence-corrected chi connectivity index (χ1v) is 26.0. The van der Waals surface area contributed by atoms with Gasteiger partial charge in [-0.15, -0.1) is 0 Å². The number of anilines is 3. The summed E-state index contributed by atoms with van der Waals surface area (Å²) < 4.78 is 19.0. The van der Waals surface area contributed by atoms with Crippen LogP contribution in [0, 0.1) is 36.9 Å². The molecule has 0 saturated carbocycles. The minimum Gasteiger partial charge on any atom is -0.480 e. The minimum absolute atomic E-state index is 0. The van der Waals surface area contributed by atoms with E-state index in [1.165, 1.54) is 0 Å². The number of imidazole rings is 1. The van der Waals surface area contributed by atoms with Crippen molar-refractivity contribution in [1.29, 1.82) is 0 Å². The van der Waals surface area contributed by atoms with Crippen LogP contribution in [0.2, 0.25) is 0 Å². The van der Waals surface area contributed by atoms with E-state index < -0.39 is 36.0 Å². The normalized spacial score (nSPS) is 21.9. The number of rotatable bonds is 24. The van der Waals surface area contributed by atoms with Crippen LogP contribution in [0.15, 0.2) is 25.2 Å². The zero-order chi connectivity index (χ0) is 53.6. The molecule has 1 radical (unpaired) electrons. The van der Waals surface area contributed by atoms with Gasteiger partial charge in [-0.1, -0.05) is 41.2 Å². The second-order valence-corrected chi connectivity index (χ2v) is 20.4. The molecule has 2 aliphatic rings. The van der Waals surface area contributed by atoms with E-state index in [0.29, 0.717) is 101 Å². The number of carboxylic acids is 3. The molecule has 2 fully saturated rings. The number of aryl methyl sites for hydroxylation is 2. The fourth-order valence-electron chi connectivity index (χ4n) is 10.0. The molecule has 0 spiro atoms. The number of aliphatic carboxylic acids is 3. The van der Waals surface area contributed by atoms with E-state index >= 15 is 4.39 Å². The third-order valence-electron chi connectivity index (χ3n) is 14.1. The molecule has 0 bridgehead atoms. The Labute approximate surface area is 464 Å². The van der Waals surface area contributed by atoms with E-state index in [1.807, 2.05) is 85.5 Å². The molecule has 3 aromatic heterocycles. The average Bonchev–Trinajstić information content (AvgIpc) is 4.06. The Morgan fingerprint density at radius 3 is 1.76 bits per heavy atom. The van der Waals surface area contributed by atoms with Crippen LogP contribution >= 0.6 is 0 Å². The minimum atomic E-state index is -1.33. The van der Waals surface area contributed by atoms with Crippen molar-refractivity contribution in [2.24, 2.45) is 0 Å². The largest absolute Gasteiger partial charge is 0.480 e. The first-order valence-electron chi connectivity index (χ1n) is 26.0. The van der Waals surface area contributed by atoms with Gasteiger partial charge < -0.3 is 40.7 Å². The Kier molecular flexibility index (Phi) is 24.4. The van der Waals surface area contributed by atoms with E-state index in [0.717, 1.165) is 30.3 Å². The van der Waals surface area contributed by atoms with Crippen molar-refractivity contribution in [3.63, 3.8) is 0 Å². The van der Waals surface area contributed by atoms with Crippen molar-refractivity contribution >= 4 is 58.3 Å². The van der Waals surface area contributed by atoms with E-state index in [2.05, 4.69) is 27.4 Å². The maximum atomic E-state index is 15.2. The molecule has 3 aromatic rings. The summed E-state index contributed by atoms with van der Waals surface area (Å²) in [5.41, 5.74) is 2.32. The summed E-state index contributed by atoms with van der Waals surface area (Å²) in [4.78, 5) is 86.4. The third-order valence-corrected chi connectivity index (χ3v) is 14.1. The number of carbonyl (C=O) groups is 5. The van der Waals surface area contributed by atoms with Crippen LogP contribution in [0.5, 0.6) is 0 Å². The Hall–Kier alpha value is -4.55. The van der Waals surface area contributed by atoms with E-state index in [9.17, 15) is 39.3 Å². The molecule has 6 atom stereocenters. The zero-order valence-electron chi connectivity index (χ0n) is 44.5. The number of alkyl halides is 1. The maximum Gasteiger partial charge on any atom is 0.317 e. The van der Waals surface area contributed by atoms with Gasteiger partial charge in [0, 0.05) is 119 Å². The molecule has 421 valence electrons. The van der Waals surface area contributed by atoms with Gasteiger partial charge in [0.1, 0.15) is 6.17 Å². The SMILES string of the molecule is C=CC(=O)N[C@@H]1CN(c2nc(Nc3cn(CCCCCNC(=O)CN4C[C@H](CC)N(CC(=O)O)C[C@H](CC)N(CC(=O)O)C[C@@H](CC)N(CC(=O)O)C[C@@H]4CC)nc3CC)c3ncn(C(C)(C)C)c3n2)C[C@H]1F.[Lu]. The Morgan fingerprint density at radius 2 is 1.28 bits per heavy atom. The van der Waals surface area contributed by atoms with Gasteiger partial charge in [0.25, 0.3) is 0 Å². The number of hydrogen-bond donors (Lipinski definition) is 6. The number of amides is 2. The average molecular weight is 1200 g/mol. The molecule has 74 heavy (non-hydrogen) atoms. The van der Waals surface area contributed by atoms with Gasteiger partial charge in [-0.25, -0.2) is 9.37 Å². The number of hydrogen-bond acceptors (Lipinski definition) is 15. The second kappa shape index (κ2) is 29.1. The molecule has 6 N–H and O–H groups in total. The molecular formula is C50H81FLuN14O8. The smallest absolute Gasteiger partial charge is 0.317 e. The monoisotopic (exact) mass is 1200 g/mol. The van der Waals surface area contributed by atoms with Crippen molar-refractivity contribution in [2.75, 3.05) is 82.2 Å². The molecule has 5 heterocycles. The van der Waals surface area contributed by atoms with E-state index in [-0.39, 0.29) is 112 Å². The molecule has 5 rings (SSSR count).